The molecule has 0 aliphatic heterocycles. The molecule has 1 amide bonds. The molecule has 0 radical (unpaired) electrons. The zero-order valence-electron chi connectivity index (χ0n) is 15.8. The molecule has 7 nitrogen and oxygen atoms in total. The molecule has 0 unspecified atom stereocenters. The van der Waals surface area contributed by atoms with Gasteiger partial charge in [0.25, 0.3) is 0 Å². The predicted molar refractivity (Wildman–Crippen MR) is 103 cm³/mol. The Morgan fingerprint density at radius 1 is 1.17 bits per heavy atom. The third-order valence-corrected chi connectivity index (χ3v) is 5.29. The average molecular weight is 430 g/mol. The lowest BCUT2D eigenvalue weighted by atomic mass is 10.2. The standard InChI is InChI=1S/C18H21F3N4O3S/c1-25(2)16-9-8-14(12-22-16)24-17(26)7-4-10-23-29(27,28)15-6-3-5-13(11-15)18(19,20)21/h3,5-6,8-9,11-12,23H,4,7,10H2,1-2H3,(H,24,26). The van der Waals surface area contributed by atoms with E-state index in [1.165, 1.54) is 6.20 Å². The molecule has 1 heterocycles. The maximum absolute atomic E-state index is 12.7. The molecule has 1 aromatic carbocycles. The Balaban J connectivity index is 1.84. The van der Waals surface area contributed by atoms with Crippen LogP contribution in [-0.2, 0) is 21.0 Å². The highest BCUT2D eigenvalue weighted by Gasteiger charge is 2.31. The molecule has 0 bridgehead atoms. The van der Waals surface area contributed by atoms with Gasteiger partial charge in [-0.2, -0.15) is 13.2 Å². The van der Waals surface area contributed by atoms with Crippen LogP contribution in [0.4, 0.5) is 24.7 Å². The van der Waals surface area contributed by atoms with Gasteiger partial charge in [-0.25, -0.2) is 18.1 Å². The van der Waals surface area contributed by atoms with Crippen LogP contribution in [0.5, 0.6) is 0 Å². The molecule has 29 heavy (non-hydrogen) atoms. The molecule has 0 spiro atoms. The first-order valence-corrected chi connectivity index (χ1v) is 10.1. The number of rotatable bonds is 8. The van der Waals surface area contributed by atoms with Gasteiger partial charge in [0.05, 0.1) is 22.3 Å². The van der Waals surface area contributed by atoms with Crippen LogP contribution in [-0.4, -0.2) is 39.9 Å². The zero-order chi connectivity index (χ0) is 21.7. The number of hydrogen-bond acceptors (Lipinski definition) is 5. The van der Waals surface area contributed by atoms with Crippen LogP contribution in [0.15, 0.2) is 47.5 Å². The summed E-state index contributed by atoms with van der Waals surface area (Å²) in [4.78, 5) is 17.4. The summed E-state index contributed by atoms with van der Waals surface area (Å²) in [5, 5.41) is 2.64. The topological polar surface area (TPSA) is 91.4 Å². The number of nitrogens with one attached hydrogen (secondary N) is 2. The van der Waals surface area contributed by atoms with Crippen LogP contribution < -0.4 is 14.9 Å². The lowest BCUT2D eigenvalue weighted by Gasteiger charge is -2.12. The Kier molecular flexibility index (Phi) is 7.20. The van der Waals surface area contributed by atoms with Gasteiger partial charge >= 0.3 is 6.18 Å². The number of carbonyl (C=O) groups is 1. The number of pyridine rings is 1. The van der Waals surface area contributed by atoms with Gasteiger partial charge in [0.1, 0.15) is 5.82 Å². The Hall–Kier alpha value is -2.66. The van der Waals surface area contributed by atoms with Crippen molar-refractivity contribution < 1.29 is 26.4 Å². The van der Waals surface area contributed by atoms with Gasteiger partial charge < -0.3 is 10.2 Å². The number of alkyl halides is 3. The average Bonchev–Trinajstić information content (AvgIpc) is 2.65. The van der Waals surface area contributed by atoms with E-state index in [-0.39, 0.29) is 25.3 Å². The van der Waals surface area contributed by atoms with Crippen molar-refractivity contribution in [2.24, 2.45) is 0 Å². The number of nitrogens with zero attached hydrogens (tertiary/aromatic N) is 2. The molecule has 1 aromatic heterocycles. The van der Waals surface area contributed by atoms with Crippen molar-refractivity contribution in [2.45, 2.75) is 23.9 Å². The van der Waals surface area contributed by atoms with E-state index in [4.69, 9.17) is 0 Å². The highest BCUT2D eigenvalue weighted by atomic mass is 32.2. The second kappa shape index (κ2) is 9.23. The fourth-order valence-electron chi connectivity index (χ4n) is 2.33. The van der Waals surface area contributed by atoms with Gasteiger partial charge in [0, 0.05) is 27.1 Å². The van der Waals surface area contributed by atoms with Crippen LogP contribution in [0.3, 0.4) is 0 Å². The maximum Gasteiger partial charge on any atom is 0.416 e. The molecule has 0 saturated carbocycles. The first kappa shape index (κ1) is 22.6. The molecule has 0 aliphatic carbocycles. The molecule has 158 valence electrons. The van der Waals surface area contributed by atoms with E-state index in [2.05, 4.69) is 15.0 Å². The van der Waals surface area contributed by atoms with Crippen molar-refractivity contribution in [1.82, 2.24) is 9.71 Å². The second-order valence-corrected chi connectivity index (χ2v) is 8.14. The minimum atomic E-state index is -4.64. The minimum Gasteiger partial charge on any atom is -0.363 e. The van der Waals surface area contributed by atoms with Gasteiger partial charge in [-0.1, -0.05) is 6.07 Å². The molecule has 2 N–H and O–H groups in total. The first-order chi connectivity index (χ1) is 13.5. The van der Waals surface area contributed by atoms with Crippen molar-refractivity contribution in [3.63, 3.8) is 0 Å². The van der Waals surface area contributed by atoms with E-state index in [0.717, 1.165) is 24.0 Å². The number of benzene rings is 1. The highest BCUT2D eigenvalue weighted by molar-refractivity contribution is 7.89. The van der Waals surface area contributed by atoms with Crippen LogP contribution in [0.2, 0.25) is 0 Å². The van der Waals surface area contributed by atoms with E-state index in [9.17, 15) is 26.4 Å². The summed E-state index contributed by atoms with van der Waals surface area (Å²) in [5.74, 6) is 0.398. The maximum atomic E-state index is 12.7. The van der Waals surface area contributed by atoms with Gasteiger partial charge in [-0.05, 0) is 36.8 Å². The van der Waals surface area contributed by atoms with E-state index < -0.39 is 26.7 Å². The first-order valence-electron chi connectivity index (χ1n) is 8.59. The lowest BCUT2D eigenvalue weighted by molar-refractivity contribution is -0.137. The zero-order valence-corrected chi connectivity index (χ0v) is 16.6. The fraction of sp³-hybridized carbons (Fsp3) is 0.333. The summed E-state index contributed by atoms with van der Waals surface area (Å²) in [6.07, 6.45) is -2.93. The van der Waals surface area contributed by atoms with Gasteiger partial charge in [0.2, 0.25) is 15.9 Å². The minimum absolute atomic E-state index is 0.0283. The second-order valence-electron chi connectivity index (χ2n) is 6.37. The molecule has 2 aromatic rings. The summed E-state index contributed by atoms with van der Waals surface area (Å²) in [7, 11) is -0.441. The van der Waals surface area contributed by atoms with Crippen LogP contribution in [0.1, 0.15) is 18.4 Å². The quantitative estimate of drug-likeness (QED) is 0.629. The Morgan fingerprint density at radius 3 is 2.48 bits per heavy atom. The Labute approximate surface area is 167 Å². The Morgan fingerprint density at radius 2 is 1.90 bits per heavy atom. The van der Waals surface area contributed by atoms with Gasteiger partial charge in [0.15, 0.2) is 0 Å². The van der Waals surface area contributed by atoms with Crippen molar-refractivity contribution in [3.8, 4) is 0 Å². The number of anilines is 2. The van der Waals surface area contributed by atoms with Crippen LogP contribution in [0, 0.1) is 0 Å². The summed E-state index contributed by atoms with van der Waals surface area (Å²) in [6, 6.07) is 6.90. The van der Waals surface area contributed by atoms with E-state index >= 15 is 0 Å². The normalized spacial score (nSPS) is 11.9. The van der Waals surface area contributed by atoms with E-state index in [0.29, 0.717) is 11.8 Å². The molecule has 0 atom stereocenters. The SMILES string of the molecule is CN(C)c1ccc(NC(=O)CCCNS(=O)(=O)c2cccc(C(F)(F)F)c2)cn1. The number of carbonyl (C=O) groups excluding carboxylic acids is 1. The van der Waals surface area contributed by atoms with Crippen molar-refractivity contribution in [3.05, 3.63) is 48.2 Å². The summed E-state index contributed by atoms with van der Waals surface area (Å²) >= 11 is 0. The lowest BCUT2D eigenvalue weighted by Crippen LogP contribution is -2.26. The number of amides is 1. The summed E-state index contributed by atoms with van der Waals surface area (Å²) < 4.78 is 64.7. The highest BCUT2D eigenvalue weighted by Crippen LogP contribution is 2.30. The van der Waals surface area contributed by atoms with Gasteiger partial charge in [-0.3, -0.25) is 4.79 Å². The fourth-order valence-corrected chi connectivity index (χ4v) is 3.45. The van der Waals surface area contributed by atoms with Crippen molar-refractivity contribution in [1.29, 1.82) is 0 Å². The molecule has 0 fully saturated rings. The van der Waals surface area contributed by atoms with E-state index in [1.807, 2.05) is 19.0 Å². The number of hydrogen-bond donors (Lipinski definition) is 2. The van der Waals surface area contributed by atoms with E-state index in [1.54, 1.807) is 12.1 Å². The summed E-state index contributed by atoms with van der Waals surface area (Å²) in [6.45, 7) is -0.0934. The molecular formula is C18H21F3N4O3S. The van der Waals surface area contributed by atoms with Crippen molar-refractivity contribution in [2.75, 3.05) is 30.9 Å². The van der Waals surface area contributed by atoms with Crippen LogP contribution in [0.25, 0.3) is 0 Å². The van der Waals surface area contributed by atoms with Crippen LogP contribution >= 0.6 is 0 Å². The third kappa shape index (κ3) is 6.71. The number of aromatic nitrogens is 1. The predicted octanol–water partition coefficient (Wildman–Crippen LogP) is 2.86. The molecule has 0 aliphatic rings. The smallest absolute Gasteiger partial charge is 0.363 e. The monoisotopic (exact) mass is 430 g/mol. The number of halogens is 3. The largest absolute Gasteiger partial charge is 0.416 e. The molecule has 2 rings (SSSR count). The molecular weight excluding hydrogens is 409 g/mol. The Bertz CT molecular complexity index is 946. The molecule has 11 heteroatoms. The number of sulfonamides is 1. The third-order valence-electron chi connectivity index (χ3n) is 3.83. The summed E-state index contributed by atoms with van der Waals surface area (Å²) in [5.41, 5.74) is -0.543. The molecule has 0 saturated heterocycles. The van der Waals surface area contributed by atoms with Crippen molar-refractivity contribution >= 4 is 27.4 Å². The van der Waals surface area contributed by atoms with Gasteiger partial charge in [-0.15, -0.1) is 0 Å².